The number of carbonyl (C=O) groups is 1. The molecule has 1 aliphatic heterocycles. The molecule has 0 fully saturated rings. The molecule has 0 saturated carbocycles. The lowest BCUT2D eigenvalue weighted by atomic mass is 10.1. The average molecular weight is 263 g/mol. The maximum absolute atomic E-state index is 12.2. The molecule has 0 saturated heterocycles. The largest absolute Gasteiger partial charge is 0.479 e. The van der Waals surface area contributed by atoms with Crippen LogP contribution in [0, 0.1) is 13.8 Å². The van der Waals surface area contributed by atoms with Gasteiger partial charge in [-0.25, -0.2) is 0 Å². The van der Waals surface area contributed by atoms with Crippen LogP contribution in [0.3, 0.4) is 0 Å². The van der Waals surface area contributed by atoms with Gasteiger partial charge in [0.1, 0.15) is 5.75 Å². The number of rotatable bonds is 4. The Bertz CT molecular complexity index is 485. The van der Waals surface area contributed by atoms with Crippen LogP contribution < -0.4 is 9.64 Å². The lowest BCUT2D eigenvalue weighted by Gasteiger charge is -2.33. The number of benzene rings is 1. The summed E-state index contributed by atoms with van der Waals surface area (Å²) in [6.45, 7) is 7.21. The van der Waals surface area contributed by atoms with Gasteiger partial charge in [-0.1, -0.05) is 0 Å². The minimum Gasteiger partial charge on any atom is -0.479 e. The summed E-state index contributed by atoms with van der Waals surface area (Å²) in [5.41, 5.74) is 3.22. The number of amides is 1. The zero-order chi connectivity index (χ0) is 14.0. The first-order chi connectivity index (χ1) is 9.04. The second kappa shape index (κ2) is 5.61. The number of hydrogen-bond acceptors (Lipinski definition) is 3. The number of methoxy groups -OCH3 is 1. The van der Waals surface area contributed by atoms with Crippen LogP contribution in [0.2, 0.25) is 0 Å². The van der Waals surface area contributed by atoms with E-state index in [4.69, 9.17) is 9.47 Å². The highest BCUT2D eigenvalue weighted by molar-refractivity contribution is 6.00. The Balaban J connectivity index is 2.32. The molecule has 2 rings (SSSR count). The van der Waals surface area contributed by atoms with Crippen LogP contribution in [-0.4, -0.2) is 32.3 Å². The Hall–Kier alpha value is -1.55. The van der Waals surface area contributed by atoms with Crippen molar-refractivity contribution in [3.8, 4) is 5.75 Å². The van der Waals surface area contributed by atoms with E-state index in [-0.39, 0.29) is 5.91 Å². The van der Waals surface area contributed by atoms with Gasteiger partial charge in [-0.2, -0.15) is 0 Å². The minimum absolute atomic E-state index is 0.0202. The smallest absolute Gasteiger partial charge is 0.267 e. The van der Waals surface area contributed by atoms with Crippen molar-refractivity contribution in [3.05, 3.63) is 23.3 Å². The molecule has 0 bridgehead atoms. The van der Waals surface area contributed by atoms with Crippen LogP contribution in [0.15, 0.2) is 12.1 Å². The van der Waals surface area contributed by atoms with E-state index in [1.807, 2.05) is 24.0 Å². The predicted molar refractivity (Wildman–Crippen MR) is 74.9 cm³/mol. The number of ether oxygens (including phenoxy) is 2. The van der Waals surface area contributed by atoms with Gasteiger partial charge in [-0.3, -0.25) is 4.79 Å². The van der Waals surface area contributed by atoms with Gasteiger partial charge in [0.25, 0.3) is 5.91 Å². The van der Waals surface area contributed by atoms with E-state index in [0.717, 1.165) is 17.9 Å². The molecule has 1 amide bonds. The molecular formula is C15H21NO3. The first kappa shape index (κ1) is 13.9. The van der Waals surface area contributed by atoms with E-state index < -0.39 is 6.10 Å². The van der Waals surface area contributed by atoms with E-state index in [1.54, 1.807) is 14.0 Å². The number of hydrogen-bond donors (Lipinski definition) is 0. The molecule has 0 radical (unpaired) electrons. The fourth-order valence-corrected chi connectivity index (χ4v) is 2.26. The van der Waals surface area contributed by atoms with Crippen LogP contribution in [0.5, 0.6) is 5.75 Å². The summed E-state index contributed by atoms with van der Waals surface area (Å²) >= 11 is 0. The Kier molecular flexibility index (Phi) is 4.10. The molecule has 4 heteroatoms. The summed E-state index contributed by atoms with van der Waals surface area (Å²) in [6, 6.07) is 4.04. The molecular weight excluding hydrogens is 242 g/mol. The third kappa shape index (κ3) is 2.73. The molecule has 1 heterocycles. The first-order valence-electron chi connectivity index (χ1n) is 6.63. The molecule has 1 atom stereocenters. The monoisotopic (exact) mass is 263 g/mol. The first-order valence-corrected chi connectivity index (χ1v) is 6.63. The van der Waals surface area contributed by atoms with Gasteiger partial charge in [-0.05, 0) is 50.5 Å². The quantitative estimate of drug-likeness (QED) is 0.783. The maximum Gasteiger partial charge on any atom is 0.267 e. The molecule has 19 heavy (non-hydrogen) atoms. The van der Waals surface area contributed by atoms with Gasteiger partial charge >= 0.3 is 0 Å². The van der Waals surface area contributed by atoms with Crippen molar-refractivity contribution in [2.75, 3.05) is 25.2 Å². The van der Waals surface area contributed by atoms with Crippen molar-refractivity contribution >= 4 is 11.6 Å². The highest BCUT2D eigenvalue weighted by Crippen LogP contribution is 2.36. The Morgan fingerprint density at radius 1 is 1.32 bits per heavy atom. The van der Waals surface area contributed by atoms with E-state index in [2.05, 4.69) is 6.92 Å². The SMILES string of the molecule is COCCCN1C(=O)C(C)Oc2cc(C)c(C)cc21. The van der Waals surface area contributed by atoms with E-state index in [9.17, 15) is 4.79 Å². The molecule has 0 aromatic heterocycles. The number of fused-ring (bicyclic) bond motifs is 1. The second-order valence-corrected chi connectivity index (χ2v) is 5.00. The van der Waals surface area contributed by atoms with Gasteiger partial charge in [0.2, 0.25) is 0 Å². The van der Waals surface area contributed by atoms with Crippen LogP contribution in [0.25, 0.3) is 0 Å². The molecule has 1 unspecified atom stereocenters. The van der Waals surface area contributed by atoms with Gasteiger partial charge in [0.15, 0.2) is 6.10 Å². The zero-order valence-corrected chi connectivity index (χ0v) is 12.0. The van der Waals surface area contributed by atoms with E-state index in [1.165, 1.54) is 11.1 Å². The normalized spacial score (nSPS) is 18.2. The average Bonchev–Trinajstić information content (AvgIpc) is 2.37. The Morgan fingerprint density at radius 2 is 2.00 bits per heavy atom. The fraction of sp³-hybridized carbons (Fsp3) is 0.533. The topological polar surface area (TPSA) is 38.8 Å². The van der Waals surface area contributed by atoms with Crippen molar-refractivity contribution in [2.24, 2.45) is 0 Å². The third-order valence-electron chi connectivity index (χ3n) is 3.51. The summed E-state index contributed by atoms with van der Waals surface area (Å²) in [6.07, 6.45) is 0.401. The minimum atomic E-state index is -0.419. The Morgan fingerprint density at radius 3 is 2.68 bits per heavy atom. The van der Waals surface area contributed by atoms with Gasteiger partial charge in [-0.15, -0.1) is 0 Å². The van der Waals surface area contributed by atoms with Crippen LogP contribution >= 0.6 is 0 Å². The summed E-state index contributed by atoms with van der Waals surface area (Å²) in [4.78, 5) is 14.1. The lowest BCUT2D eigenvalue weighted by molar-refractivity contribution is -0.125. The molecule has 0 spiro atoms. The van der Waals surface area contributed by atoms with Crippen LogP contribution in [-0.2, 0) is 9.53 Å². The molecule has 1 aliphatic rings. The summed E-state index contributed by atoms with van der Waals surface area (Å²) in [5.74, 6) is 0.819. The van der Waals surface area contributed by atoms with Crippen LogP contribution in [0.4, 0.5) is 5.69 Å². The number of nitrogens with zero attached hydrogens (tertiary/aromatic N) is 1. The van der Waals surface area contributed by atoms with Crippen LogP contribution in [0.1, 0.15) is 24.5 Å². The van der Waals surface area contributed by atoms with Gasteiger partial charge in [0, 0.05) is 20.3 Å². The Labute approximate surface area is 114 Å². The summed E-state index contributed by atoms with van der Waals surface area (Å²) < 4.78 is 10.8. The third-order valence-corrected chi connectivity index (χ3v) is 3.51. The van der Waals surface area contributed by atoms with Gasteiger partial charge < -0.3 is 14.4 Å². The van der Waals surface area contributed by atoms with E-state index >= 15 is 0 Å². The lowest BCUT2D eigenvalue weighted by Crippen LogP contribution is -2.45. The molecule has 4 nitrogen and oxygen atoms in total. The van der Waals surface area contributed by atoms with Gasteiger partial charge in [0.05, 0.1) is 5.69 Å². The predicted octanol–water partition coefficient (Wildman–Crippen LogP) is 2.45. The number of anilines is 1. The van der Waals surface area contributed by atoms with Crippen molar-refractivity contribution in [2.45, 2.75) is 33.3 Å². The van der Waals surface area contributed by atoms with Crippen molar-refractivity contribution in [3.63, 3.8) is 0 Å². The summed E-state index contributed by atoms with van der Waals surface area (Å²) in [5, 5.41) is 0. The highest BCUT2D eigenvalue weighted by atomic mass is 16.5. The van der Waals surface area contributed by atoms with Crippen molar-refractivity contribution < 1.29 is 14.3 Å². The number of aryl methyl sites for hydroxylation is 2. The fourth-order valence-electron chi connectivity index (χ4n) is 2.26. The summed E-state index contributed by atoms with van der Waals surface area (Å²) in [7, 11) is 1.67. The molecule has 1 aromatic rings. The highest BCUT2D eigenvalue weighted by Gasteiger charge is 2.31. The molecule has 104 valence electrons. The maximum atomic E-state index is 12.2. The number of carbonyl (C=O) groups excluding carboxylic acids is 1. The molecule has 1 aromatic carbocycles. The molecule has 0 aliphatic carbocycles. The van der Waals surface area contributed by atoms with Crippen molar-refractivity contribution in [1.82, 2.24) is 0 Å². The zero-order valence-electron chi connectivity index (χ0n) is 12.0. The molecule has 0 N–H and O–H groups in total. The van der Waals surface area contributed by atoms with E-state index in [0.29, 0.717) is 13.2 Å². The second-order valence-electron chi connectivity index (χ2n) is 5.00. The standard InChI is InChI=1S/C15H21NO3/c1-10-8-13-14(9-11(10)2)19-12(3)15(17)16(13)6-5-7-18-4/h8-9,12H,5-7H2,1-4H3. The van der Waals surface area contributed by atoms with Crippen molar-refractivity contribution in [1.29, 1.82) is 0 Å².